The molecule has 1 heterocycles. The van der Waals surface area contributed by atoms with Gasteiger partial charge in [0.25, 0.3) is 0 Å². The van der Waals surface area contributed by atoms with Crippen LogP contribution in [0.3, 0.4) is 0 Å². The van der Waals surface area contributed by atoms with Crippen LogP contribution in [-0.4, -0.2) is 36.1 Å². The SMILES string of the molecule is COC1CC(C(=O)[C@]23CCC(C)(C)C[C@H]2C2=CC[C@@H]4[C@@]5(C)CCC(OC(=O)c6cccc(Cl)n6)C(C)(C)[C@@H]5CC[C@@]4(C)[C@]2(C)CC3)C1. The zero-order valence-corrected chi connectivity index (χ0v) is 31.0. The smallest absolute Gasteiger partial charge is 0.357 e. The summed E-state index contributed by atoms with van der Waals surface area (Å²) in [4.78, 5) is 32.0. The Kier molecular flexibility index (Phi) is 8.00. The molecule has 0 aromatic carbocycles. The molecule has 6 aliphatic carbocycles. The largest absolute Gasteiger partial charge is 0.457 e. The standard InChI is InChI=1S/C41H58ClNO4/c1-36(2)18-20-41(34(44)25-22-26(23-25)46-8)21-19-39(6)27(28(41)24-36)12-13-31-38(5)16-15-32(37(3,4)30(38)14-17-40(31,39)7)47-35(45)29-10-9-11-33(42)43-29/h9-12,25-26,28,30-32H,13-24H2,1-8H3/t25?,26?,28-,30-,31+,32?,38-,39+,40+,41-/m0/s1. The Morgan fingerprint density at radius 2 is 1.62 bits per heavy atom. The highest BCUT2D eigenvalue weighted by Gasteiger charge is 2.69. The maximum absolute atomic E-state index is 14.5. The van der Waals surface area contributed by atoms with Crippen molar-refractivity contribution in [3.8, 4) is 0 Å². The van der Waals surface area contributed by atoms with Crippen LogP contribution in [0, 0.1) is 56.2 Å². The minimum Gasteiger partial charge on any atom is -0.457 e. The second-order valence-corrected chi connectivity index (χ2v) is 19.2. The number of hydrogen-bond acceptors (Lipinski definition) is 5. The third kappa shape index (κ3) is 4.89. The first-order valence-electron chi connectivity index (χ1n) is 18.6. The maximum atomic E-state index is 14.5. The number of hydrogen-bond donors (Lipinski definition) is 0. The highest BCUT2D eigenvalue weighted by Crippen LogP contribution is 2.76. The summed E-state index contributed by atoms with van der Waals surface area (Å²) in [6.45, 7) is 17.4. The van der Waals surface area contributed by atoms with Crippen LogP contribution < -0.4 is 0 Å². The Balaban J connectivity index is 1.18. The highest BCUT2D eigenvalue weighted by atomic mass is 35.5. The van der Waals surface area contributed by atoms with E-state index in [-0.39, 0.29) is 62.3 Å². The second kappa shape index (κ2) is 11.1. The van der Waals surface area contributed by atoms with E-state index in [2.05, 4.69) is 59.5 Å². The van der Waals surface area contributed by atoms with Gasteiger partial charge < -0.3 is 9.47 Å². The number of ether oxygens (including phenoxy) is 2. The lowest BCUT2D eigenvalue weighted by atomic mass is 9.33. The third-order valence-electron chi connectivity index (χ3n) is 16.0. The summed E-state index contributed by atoms with van der Waals surface area (Å²) in [7, 11) is 1.79. The summed E-state index contributed by atoms with van der Waals surface area (Å²) >= 11 is 6.10. The third-order valence-corrected chi connectivity index (χ3v) is 16.2. The zero-order valence-electron chi connectivity index (χ0n) is 30.2. The van der Waals surface area contributed by atoms with E-state index in [1.54, 1.807) is 30.9 Å². The van der Waals surface area contributed by atoms with E-state index < -0.39 is 0 Å². The van der Waals surface area contributed by atoms with Crippen molar-refractivity contribution in [2.24, 2.45) is 56.2 Å². The first-order chi connectivity index (χ1) is 22.0. The number of fused-ring (bicyclic) bond motifs is 7. The first-order valence-corrected chi connectivity index (χ1v) is 19.0. The van der Waals surface area contributed by atoms with E-state index in [0.717, 1.165) is 70.6 Å². The fourth-order valence-corrected chi connectivity index (χ4v) is 13.1. The molecule has 8 atom stereocenters. The van der Waals surface area contributed by atoms with Crippen LogP contribution in [0.5, 0.6) is 0 Å². The van der Waals surface area contributed by atoms with Crippen LogP contribution >= 0.6 is 11.6 Å². The normalized spacial score (nSPS) is 44.7. The minimum atomic E-state index is -0.372. The van der Waals surface area contributed by atoms with Crippen LogP contribution in [0.4, 0.5) is 0 Å². The number of ketones is 1. The molecule has 5 nitrogen and oxygen atoms in total. The van der Waals surface area contributed by atoms with Crippen LogP contribution in [0.1, 0.15) is 136 Å². The van der Waals surface area contributed by atoms with E-state index >= 15 is 0 Å². The fraction of sp³-hybridized carbons (Fsp3) is 0.780. The topological polar surface area (TPSA) is 65.5 Å². The van der Waals surface area contributed by atoms with Crippen molar-refractivity contribution in [3.63, 3.8) is 0 Å². The Labute approximate surface area is 288 Å². The van der Waals surface area contributed by atoms with Gasteiger partial charge >= 0.3 is 5.97 Å². The number of esters is 1. The van der Waals surface area contributed by atoms with E-state index in [0.29, 0.717) is 28.7 Å². The summed E-state index contributed by atoms with van der Waals surface area (Å²) in [5, 5.41) is 0.309. The molecule has 1 unspecified atom stereocenters. The van der Waals surface area contributed by atoms with Crippen LogP contribution in [0.15, 0.2) is 29.8 Å². The van der Waals surface area contributed by atoms with Crippen molar-refractivity contribution in [2.75, 3.05) is 7.11 Å². The second-order valence-electron chi connectivity index (χ2n) is 18.9. The molecule has 0 saturated heterocycles. The van der Waals surface area contributed by atoms with Crippen molar-refractivity contribution in [3.05, 3.63) is 40.7 Å². The Bertz CT molecular complexity index is 1480. The number of allylic oxidation sites excluding steroid dienone is 2. The molecule has 5 fully saturated rings. The van der Waals surface area contributed by atoms with E-state index in [1.165, 1.54) is 6.42 Å². The molecule has 6 heteroatoms. The van der Waals surface area contributed by atoms with Crippen LogP contribution in [0.25, 0.3) is 0 Å². The maximum Gasteiger partial charge on any atom is 0.357 e. The molecule has 47 heavy (non-hydrogen) atoms. The molecule has 258 valence electrons. The predicted octanol–water partition coefficient (Wildman–Crippen LogP) is 10.1. The van der Waals surface area contributed by atoms with Gasteiger partial charge in [-0.2, -0.15) is 0 Å². The molecule has 0 spiro atoms. The lowest BCUT2D eigenvalue weighted by molar-refractivity contribution is -0.204. The molecule has 6 aliphatic rings. The summed E-state index contributed by atoms with van der Waals surface area (Å²) in [6, 6.07) is 5.13. The quantitative estimate of drug-likeness (QED) is 0.178. The molecule has 0 bridgehead atoms. The summed E-state index contributed by atoms with van der Waals surface area (Å²) in [5.41, 5.74) is 2.23. The number of carbonyl (C=O) groups excluding carboxylic acids is 2. The van der Waals surface area contributed by atoms with E-state index in [1.807, 2.05) is 0 Å². The molecule has 0 radical (unpaired) electrons. The molecule has 0 N–H and O–H groups in total. The highest BCUT2D eigenvalue weighted by molar-refractivity contribution is 6.29. The molecule has 0 aliphatic heterocycles. The number of Topliss-reactive ketones (excluding diaryl/α,β-unsaturated/α-hetero) is 1. The van der Waals surface area contributed by atoms with Crippen molar-refractivity contribution in [1.82, 2.24) is 4.98 Å². The summed E-state index contributed by atoms with van der Waals surface area (Å²) < 4.78 is 11.9. The molecule has 0 amide bonds. The van der Waals surface area contributed by atoms with Gasteiger partial charge in [0.05, 0.1) is 6.10 Å². The van der Waals surface area contributed by atoms with Crippen molar-refractivity contribution < 1.29 is 19.1 Å². The number of carbonyl (C=O) groups is 2. The van der Waals surface area contributed by atoms with Crippen molar-refractivity contribution in [1.29, 1.82) is 0 Å². The molecule has 5 saturated carbocycles. The van der Waals surface area contributed by atoms with Gasteiger partial charge in [-0.15, -0.1) is 0 Å². The van der Waals surface area contributed by atoms with Crippen LogP contribution in [-0.2, 0) is 14.3 Å². The van der Waals surface area contributed by atoms with Gasteiger partial charge in [-0.25, -0.2) is 9.78 Å². The molecule has 7 rings (SSSR count). The van der Waals surface area contributed by atoms with Gasteiger partial charge in [0, 0.05) is 23.9 Å². The predicted molar refractivity (Wildman–Crippen MR) is 186 cm³/mol. The summed E-state index contributed by atoms with van der Waals surface area (Å²) in [5.74, 6) is 1.74. The lowest BCUT2D eigenvalue weighted by Gasteiger charge is -2.71. The summed E-state index contributed by atoms with van der Waals surface area (Å²) in [6.07, 6.45) is 15.4. The van der Waals surface area contributed by atoms with E-state index in [4.69, 9.17) is 21.1 Å². The van der Waals surface area contributed by atoms with Gasteiger partial charge in [-0.3, -0.25) is 4.79 Å². The minimum absolute atomic E-state index is 0.0894. The number of pyridine rings is 1. The molecule has 1 aromatic rings. The van der Waals surface area contributed by atoms with Crippen molar-refractivity contribution >= 4 is 23.4 Å². The molecular formula is C41H58ClNO4. The number of halogens is 1. The fourth-order valence-electron chi connectivity index (χ4n) is 13.0. The zero-order chi connectivity index (χ0) is 33.8. The van der Waals surface area contributed by atoms with Gasteiger partial charge in [0.2, 0.25) is 0 Å². The van der Waals surface area contributed by atoms with Gasteiger partial charge in [0.1, 0.15) is 22.7 Å². The number of rotatable bonds is 5. The van der Waals surface area contributed by atoms with Crippen LogP contribution in [0.2, 0.25) is 5.15 Å². The average Bonchev–Trinajstić information content (AvgIpc) is 2.98. The van der Waals surface area contributed by atoms with Gasteiger partial charge in [-0.1, -0.05) is 77.8 Å². The number of methoxy groups -OCH3 is 1. The number of aromatic nitrogens is 1. The Morgan fingerprint density at radius 3 is 2.32 bits per heavy atom. The molecular weight excluding hydrogens is 606 g/mol. The van der Waals surface area contributed by atoms with Gasteiger partial charge in [0.15, 0.2) is 0 Å². The number of nitrogens with zero attached hydrogens (tertiary/aromatic N) is 1. The monoisotopic (exact) mass is 663 g/mol. The Morgan fingerprint density at radius 1 is 0.894 bits per heavy atom. The lowest BCUT2D eigenvalue weighted by Crippen LogP contribution is -2.65. The average molecular weight is 664 g/mol. The molecule has 1 aromatic heterocycles. The Hall–Kier alpha value is -1.72. The van der Waals surface area contributed by atoms with E-state index in [9.17, 15) is 9.59 Å². The van der Waals surface area contributed by atoms with Crippen molar-refractivity contribution in [2.45, 2.75) is 138 Å². The van der Waals surface area contributed by atoms with Gasteiger partial charge in [-0.05, 0) is 129 Å². The first kappa shape index (κ1) is 33.8.